The Morgan fingerprint density at radius 3 is 1.40 bits per heavy atom. The molecule has 14 rings (SSSR count). The van der Waals surface area contributed by atoms with Gasteiger partial charge in [-0.2, -0.15) is 0 Å². The molecule has 2 aliphatic carbocycles. The number of fused-ring (bicyclic) bond motifs is 16. The Kier molecular flexibility index (Phi) is 6.79. The molecule has 0 saturated heterocycles. The Morgan fingerprint density at radius 2 is 0.806 bits per heavy atom. The summed E-state index contributed by atoms with van der Waals surface area (Å²) in [6, 6.07) is 75.9. The van der Waals surface area contributed by atoms with Gasteiger partial charge in [-0.15, -0.1) is 0 Å². The number of pyridine rings is 1. The van der Waals surface area contributed by atoms with E-state index in [4.69, 9.17) is 9.40 Å². The molecule has 10 aromatic carbocycles. The fraction of sp³-hybridized carbons (Fsp3) is 0.0167. The average molecular weight is 786 g/mol. The Labute approximate surface area is 358 Å². The van der Waals surface area contributed by atoms with Crippen LogP contribution in [0.4, 0.5) is 0 Å². The van der Waals surface area contributed by atoms with Gasteiger partial charge in [-0.1, -0.05) is 164 Å². The second kappa shape index (κ2) is 12.5. The van der Waals surface area contributed by atoms with Crippen molar-refractivity contribution in [2.75, 3.05) is 0 Å². The Morgan fingerprint density at radius 1 is 0.323 bits per heavy atom. The zero-order valence-corrected chi connectivity index (χ0v) is 33.6. The standard InChI is InChI=1S/C60H35NO/c1-2-14-37-34-57-50(31-36(37)13-1)49-32-38(27-30-56(49)62-57)55-29-26-40(35-61-55)59-47-20-5-3-18-45(47)58(46-19-4-6-21-48(46)59)39-25-28-44-43-17-9-12-24-53(43)60(54(44)33-39)51-22-10-7-15-41(51)42-16-8-11-23-52(42)60/h1-35H. The van der Waals surface area contributed by atoms with Crippen LogP contribution in [0.15, 0.2) is 217 Å². The summed E-state index contributed by atoms with van der Waals surface area (Å²) in [5.74, 6) is 0. The molecule has 0 atom stereocenters. The monoisotopic (exact) mass is 785 g/mol. The van der Waals surface area contributed by atoms with Crippen LogP contribution in [0, 0.1) is 0 Å². The first-order chi connectivity index (χ1) is 30.7. The van der Waals surface area contributed by atoms with Gasteiger partial charge in [0.1, 0.15) is 11.2 Å². The molecule has 2 aliphatic rings. The molecule has 0 radical (unpaired) electrons. The van der Waals surface area contributed by atoms with Gasteiger partial charge in [0.15, 0.2) is 0 Å². The Balaban J connectivity index is 0.941. The van der Waals surface area contributed by atoms with Crippen LogP contribution in [0.1, 0.15) is 22.3 Å². The Bertz CT molecular complexity index is 3750. The molecule has 2 nitrogen and oxygen atoms in total. The van der Waals surface area contributed by atoms with E-state index in [2.05, 4.69) is 212 Å². The Hall–Kier alpha value is -8.07. The van der Waals surface area contributed by atoms with Gasteiger partial charge >= 0.3 is 0 Å². The zero-order chi connectivity index (χ0) is 40.5. The van der Waals surface area contributed by atoms with E-state index >= 15 is 0 Å². The molecule has 0 fully saturated rings. The fourth-order valence-electron chi connectivity index (χ4n) is 11.3. The molecule has 12 aromatic rings. The van der Waals surface area contributed by atoms with E-state index in [-0.39, 0.29) is 0 Å². The maximum Gasteiger partial charge on any atom is 0.136 e. The van der Waals surface area contributed by atoms with Crippen molar-refractivity contribution >= 4 is 54.3 Å². The lowest BCUT2D eigenvalue weighted by molar-refractivity contribution is 0.669. The highest BCUT2D eigenvalue weighted by atomic mass is 16.3. The van der Waals surface area contributed by atoms with Crippen molar-refractivity contribution < 1.29 is 4.42 Å². The molecule has 1 spiro atoms. The lowest BCUT2D eigenvalue weighted by atomic mass is 9.70. The smallest absolute Gasteiger partial charge is 0.136 e. The normalized spacial score (nSPS) is 13.3. The number of hydrogen-bond acceptors (Lipinski definition) is 2. The van der Waals surface area contributed by atoms with Crippen LogP contribution >= 0.6 is 0 Å². The molecule has 286 valence electrons. The topological polar surface area (TPSA) is 26.0 Å². The average Bonchev–Trinajstić information content (AvgIpc) is 3.95. The van der Waals surface area contributed by atoms with Crippen molar-refractivity contribution in [2.45, 2.75) is 5.41 Å². The van der Waals surface area contributed by atoms with Gasteiger partial charge in [0.2, 0.25) is 0 Å². The van der Waals surface area contributed by atoms with Gasteiger partial charge in [0.25, 0.3) is 0 Å². The summed E-state index contributed by atoms with van der Waals surface area (Å²) in [5.41, 5.74) is 18.8. The summed E-state index contributed by atoms with van der Waals surface area (Å²) in [4.78, 5) is 5.15. The van der Waals surface area contributed by atoms with Crippen molar-refractivity contribution in [2.24, 2.45) is 0 Å². The minimum absolute atomic E-state index is 0.405. The summed E-state index contributed by atoms with van der Waals surface area (Å²) < 4.78 is 6.32. The number of nitrogens with zero attached hydrogens (tertiary/aromatic N) is 1. The molecule has 2 aromatic heterocycles. The third-order valence-electron chi connectivity index (χ3n) is 13.9. The van der Waals surface area contributed by atoms with Crippen LogP contribution < -0.4 is 0 Å². The van der Waals surface area contributed by atoms with E-state index in [1.165, 1.54) is 93.5 Å². The SMILES string of the molecule is c1ccc2c(c1)-c1ccccc1C21c2ccccc2-c2ccc(-c3c4ccccc4c(-c4ccc(-c5ccc6oc7cc8ccccc8cc7c6c5)nc4)c4ccccc34)cc21. The first-order valence-corrected chi connectivity index (χ1v) is 21.4. The van der Waals surface area contributed by atoms with Gasteiger partial charge in [-0.05, 0) is 136 Å². The third-order valence-corrected chi connectivity index (χ3v) is 13.9. The second-order valence-corrected chi connectivity index (χ2v) is 16.9. The van der Waals surface area contributed by atoms with Crippen molar-refractivity contribution in [1.29, 1.82) is 0 Å². The first-order valence-electron chi connectivity index (χ1n) is 21.4. The van der Waals surface area contributed by atoms with Crippen LogP contribution in [0.2, 0.25) is 0 Å². The summed E-state index contributed by atoms with van der Waals surface area (Å²) >= 11 is 0. The highest BCUT2D eigenvalue weighted by Gasteiger charge is 2.51. The summed E-state index contributed by atoms with van der Waals surface area (Å²) in [7, 11) is 0. The lowest BCUT2D eigenvalue weighted by Gasteiger charge is -2.30. The summed E-state index contributed by atoms with van der Waals surface area (Å²) in [6.07, 6.45) is 2.06. The van der Waals surface area contributed by atoms with E-state index in [1.807, 2.05) is 0 Å². The lowest BCUT2D eigenvalue weighted by Crippen LogP contribution is -2.25. The molecule has 62 heavy (non-hydrogen) atoms. The molecule has 2 heterocycles. The van der Waals surface area contributed by atoms with E-state index in [0.717, 1.165) is 38.8 Å². The van der Waals surface area contributed by atoms with Crippen LogP contribution in [0.3, 0.4) is 0 Å². The molecule has 0 amide bonds. The largest absolute Gasteiger partial charge is 0.456 e. The highest BCUT2D eigenvalue weighted by molar-refractivity contribution is 6.21. The molecular weight excluding hydrogens is 751 g/mol. The molecular formula is C60H35NO. The van der Waals surface area contributed by atoms with Crippen molar-refractivity contribution in [1.82, 2.24) is 4.98 Å². The van der Waals surface area contributed by atoms with Gasteiger partial charge in [-0.3, -0.25) is 4.98 Å². The van der Waals surface area contributed by atoms with Crippen LogP contribution in [0.5, 0.6) is 0 Å². The van der Waals surface area contributed by atoms with E-state index in [9.17, 15) is 0 Å². The van der Waals surface area contributed by atoms with Crippen LogP contribution in [-0.4, -0.2) is 4.98 Å². The van der Waals surface area contributed by atoms with E-state index in [0.29, 0.717) is 0 Å². The second-order valence-electron chi connectivity index (χ2n) is 16.9. The number of rotatable bonds is 3. The van der Waals surface area contributed by atoms with Crippen LogP contribution in [0.25, 0.3) is 110 Å². The van der Waals surface area contributed by atoms with Gasteiger partial charge in [-0.25, -0.2) is 0 Å². The van der Waals surface area contributed by atoms with E-state index < -0.39 is 5.41 Å². The first kappa shape index (κ1) is 33.7. The summed E-state index contributed by atoms with van der Waals surface area (Å²) in [6.45, 7) is 0. The maximum absolute atomic E-state index is 6.32. The minimum Gasteiger partial charge on any atom is -0.456 e. The predicted molar refractivity (Wildman–Crippen MR) is 257 cm³/mol. The molecule has 2 heteroatoms. The predicted octanol–water partition coefficient (Wildman–Crippen LogP) is 15.8. The molecule has 0 N–H and O–H groups in total. The highest BCUT2D eigenvalue weighted by Crippen LogP contribution is 2.63. The van der Waals surface area contributed by atoms with Gasteiger partial charge in [0, 0.05) is 28.1 Å². The van der Waals surface area contributed by atoms with Crippen molar-refractivity contribution in [3.8, 4) is 55.8 Å². The maximum atomic E-state index is 6.32. The van der Waals surface area contributed by atoms with Crippen molar-refractivity contribution in [3.63, 3.8) is 0 Å². The van der Waals surface area contributed by atoms with Crippen molar-refractivity contribution in [3.05, 3.63) is 235 Å². The number of benzene rings is 10. The molecule has 0 aliphatic heterocycles. The zero-order valence-electron chi connectivity index (χ0n) is 33.6. The number of aromatic nitrogens is 1. The summed E-state index contributed by atoms with van der Waals surface area (Å²) in [5, 5.41) is 9.49. The van der Waals surface area contributed by atoms with Gasteiger partial charge in [0.05, 0.1) is 11.1 Å². The molecule has 0 unspecified atom stereocenters. The number of hydrogen-bond donors (Lipinski definition) is 0. The third kappa shape index (κ3) is 4.45. The molecule has 0 saturated carbocycles. The quantitative estimate of drug-likeness (QED) is 0.167. The molecule has 0 bridgehead atoms. The van der Waals surface area contributed by atoms with E-state index in [1.54, 1.807) is 0 Å². The van der Waals surface area contributed by atoms with Crippen LogP contribution in [-0.2, 0) is 5.41 Å². The van der Waals surface area contributed by atoms with Gasteiger partial charge < -0.3 is 4.42 Å². The fourth-order valence-corrected chi connectivity index (χ4v) is 11.3. The minimum atomic E-state index is -0.405. The number of furan rings is 1.